The molecule has 108 valence electrons. The highest BCUT2D eigenvalue weighted by Crippen LogP contribution is 2.24. The van der Waals surface area contributed by atoms with Crippen LogP contribution < -0.4 is 10.3 Å². The zero-order valence-electron chi connectivity index (χ0n) is 11.9. The monoisotopic (exact) mass is 291 g/mol. The SMILES string of the molecule is COc1ccc2c(c1)ncc1c(=O)n(-c3ccccc3)[nH]c12. The van der Waals surface area contributed by atoms with Gasteiger partial charge in [0.05, 0.1) is 29.2 Å². The van der Waals surface area contributed by atoms with Crippen molar-refractivity contribution in [2.24, 2.45) is 0 Å². The molecule has 0 aliphatic carbocycles. The lowest BCUT2D eigenvalue weighted by Crippen LogP contribution is -2.13. The molecule has 0 spiro atoms. The number of methoxy groups -OCH3 is 1. The predicted octanol–water partition coefficient (Wildman–Crippen LogP) is 2.88. The third-order valence-corrected chi connectivity index (χ3v) is 3.75. The number of benzene rings is 2. The first-order chi connectivity index (χ1) is 10.8. The average molecular weight is 291 g/mol. The zero-order valence-corrected chi connectivity index (χ0v) is 11.9. The molecule has 0 aliphatic heterocycles. The lowest BCUT2D eigenvalue weighted by Gasteiger charge is -2.02. The second-order valence-electron chi connectivity index (χ2n) is 5.02. The van der Waals surface area contributed by atoms with Crippen LogP contribution in [0.15, 0.2) is 59.5 Å². The standard InChI is InChI=1S/C17H13N3O2/c1-22-12-7-8-13-15(9-12)18-10-14-16(13)19-20(17(14)21)11-5-3-2-4-6-11/h2-10,19H,1H3. The molecule has 0 bridgehead atoms. The number of H-pyrrole nitrogens is 1. The molecule has 22 heavy (non-hydrogen) atoms. The van der Waals surface area contributed by atoms with Crippen molar-refractivity contribution in [1.29, 1.82) is 0 Å². The predicted molar refractivity (Wildman–Crippen MR) is 85.7 cm³/mol. The number of aromatic nitrogens is 3. The Bertz CT molecular complexity index is 1030. The molecular weight excluding hydrogens is 278 g/mol. The van der Waals surface area contributed by atoms with Gasteiger partial charge in [-0.25, -0.2) is 4.68 Å². The van der Waals surface area contributed by atoms with Crippen molar-refractivity contribution in [3.05, 3.63) is 65.1 Å². The van der Waals surface area contributed by atoms with Crippen molar-refractivity contribution in [2.75, 3.05) is 7.11 Å². The van der Waals surface area contributed by atoms with Gasteiger partial charge in [0.25, 0.3) is 5.56 Å². The van der Waals surface area contributed by atoms with E-state index in [1.807, 2.05) is 48.5 Å². The van der Waals surface area contributed by atoms with Gasteiger partial charge in [0.1, 0.15) is 5.75 Å². The van der Waals surface area contributed by atoms with E-state index < -0.39 is 0 Å². The van der Waals surface area contributed by atoms with Crippen LogP contribution in [-0.2, 0) is 0 Å². The van der Waals surface area contributed by atoms with Crippen LogP contribution in [0.3, 0.4) is 0 Å². The van der Waals surface area contributed by atoms with Crippen LogP contribution in [-0.4, -0.2) is 21.9 Å². The van der Waals surface area contributed by atoms with Crippen molar-refractivity contribution in [3.63, 3.8) is 0 Å². The van der Waals surface area contributed by atoms with E-state index in [0.29, 0.717) is 5.39 Å². The third-order valence-electron chi connectivity index (χ3n) is 3.75. The molecule has 0 amide bonds. The number of nitrogens with one attached hydrogen (secondary N) is 1. The summed E-state index contributed by atoms with van der Waals surface area (Å²) >= 11 is 0. The summed E-state index contributed by atoms with van der Waals surface area (Å²) in [6.45, 7) is 0. The molecule has 2 aromatic heterocycles. The maximum atomic E-state index is 12.6. The van der Waals surface area contributed by atoms with Gasteiger partial charge in [0.2, 0.25) is 0 Å². The topological polar surface area (TPSA) is 59.9 Å². The number of rotatable bonds is 2. The number of ether oxygens (including phenoxy) is 1. The Kier molecular flexibility index (Phi) is 2.72. The summed E-state index contributed by atoms with van der Waals surface area (Å²) < 4.78 is 6.75. The van der Waals surface area contributed by atoms with Gasteiger partial charge in [0, 0.05) is 17.6 Å². The van der Waals surface area contributed by atoms with E-state index in [0.717, 1.165) is 27.9 Å². The highest BCUT2D eigenvalue weighted by molar-refractivity contribution is 6.03. The Balaban J connectivity index is 2.05. The Hall–Kier alpha value is -3.08. The maximum absolute atomic E-state index is 12.6. The minimum Gasteiger partial charge on any atom is -0.497 e. The van der Waals surface area contributed by atoms with Crippen LogP contribution in [0.5, 0.6) is 5.75 Å². The number of fused-ring (bicyclic) bond motifs is 3. The van der Waals surface area contributed by atoms with E-state index in [9.17, 15) is 4.79 Å². The van der Waals surface area contributed by atoms with Crippen LogP contribution >= 0.6 is 0 Å². The van der Waals surface area contributed by atoms with Gasteiger partial charge in [-0.05, 0) is 24.3 Å². The molecule has 2 aromatic carbocycles. The van der Waals surface area contributed by atoms with Crippen molar-refractivity contribution in [1.82, 2.24) is 14.8 Å². The van der Waals surface area contributed by atoms with Gasteiger partial charge in [-0.2, -0.15) is 0 Å². The molecule has 0 fully saturated rings. The quantitative estimate of drug-likeness (QED) is 0.618. The maximum Gasteiger partial charge on any atom is 0.280 e. The van der Waals surface area contributed by atoms with Crippen LogP contribution in [0.2, 0.25) is 0 Å². The van der Waals surface area contributed by atoms with Crippen molar-refractivity contribution in [3.8, 4) is 11.4 Å². The molecule has 5 nitrogen and oxygen atoms in total. The Morgan fingerprint density at radius 3 is 2.68 bits per heavy atom. The van der Waals surface area contributed by atoms with Gasteiger partial charge < -0.3 is 4.74 Å². The van der Waals surface area contributed by atoms with Crippen LogP contribution in [0, 0.1) is 0 Å². The smallest absolute Gasteiger partial charge is 0.280 e. The molecule has 4 aromatic rings. The van der Waals surface area contributed by atoms with E-state index in [1.54, 1.807) is 13.3 Å². The van der Waals surface area contributed by atoms with E-state index in [1.165, 1.54) is 4.68 Å². The Labute approximate surface area is 125 Å². The van der Waals surface area contributed by atoms with Crippen LogP contribution in [0.1, 0.15) is 0 Å². The van der Waals surface area contributed by atoms with Gasteiger partial charge in [0.15, 0.2) is 0 Å². The minimum atomic E-state index is -0.105. The minimum absolute atomic E-state index is 0.105. The summed E-state index contributed by atoms with van der Waals surface area (Å²) in [5.74, 6) is 0.740. The largest absolute Gasteiger partial charge is 0.497 e. The molecule has 0 atom stereocenters. The Morgan fingerprint density at radius 1 is 1.09 bits per heavy atom. The molecule has 4 rings (SSSR count). The molecule has 0 saturated carbocycles. The lowest BCUT2D eigenvalue weighted by atomic mass is 10.1. The van der Waals surface area contributed by atoms with Crippen molar-refractivity contribution in [2.45, 2.75) is 0 Å². The fourth-order valence-electron chi connectivity index (χ4n) is 2.62. The summed E-state index contributed by atoms with van der Waals surface area (Å²) in [4.78, 5) is 16.9. The average Bonchev–Trinajstić information content (AvgIpc) is 2.92. The van der Waals surface area contributed by atoms with E-state index in [2.05, 4.69) is 10.1 Å². The molecular formula is C17H13N3O2. The molecule has 0 saturated heterocycles. The second kappa shape index (κ2) is 4.73. The van der Waals surface area contributed by atoms with Gasteiger partial charge in [-0.15, -0.1) is 0 Å². The number of aromatic amines is 1. The van der Waals surface area contributed by atoms with Gasteiger partial charge in [-0.3, -0.25) is 14.9 Å². The first-order valence-corrected chi connectivity index (χ1v) is 6.91. The first kappa shape index (κ1) is 12.6. The number of hydrogen-bond donors (Lipinski definition) is 1. The Morgan fingerprint density at radius 2 is 1.91 bits per heavy atom. The fourth-order valence-corrected chi connectivity index (χ4v) is 2.62. The molecule has 0 unspecified atom stereocenters. The van der Waals surface area contributed by atoms with Crippen LogP contribution in [0.25, 0.3) is 27.5 Å². The second-order valence-corrected chi connectivity index (χ2v) is 5.02. The highest BCUT2D eigenvalue weighted by atomic mass is 16.5. The molecule has 5 heteroatoms. The summed E-state index contributed by atoms with van der Waals surface area (Å²) in [5.41, 5.74) is 2.26. The fraction of sp³-hybridized carbons (Fsp3) is 0.0588. The summed E-state index contributed by atoms with van der Waals surface area (Å²) in [5, 5.41) is 4.65. The summed E-state index contributed by atoms with van der Waals surface area (Å²) in [7, 11) is 1.62. The van der Waals surface area contributed by atoms with Crippen molar-refractivity contribution < 1.29 is 4.74 Å². The normalized spacial score (nSPS) is 11.1. The van der Waals surface area contributed by atoms with Crippen LogP contribution in [0.4, 0.5) is 0 Å². The number of nitrogens with zero attached hydrogens (tertiary/aromatic N) is 2. The van der Waals surface area contributed by atoms with E-state index >= 15 is 0 Å². The zero-order chi connectivity index (χ0) is 15.1. The molecule has 1 N–H and O–H groups in total. The number of hydrogen-bond acceptors (Lipinski definition) is 3. The third kappa shape index (κ3) is 1.79. The number of para-hydroxylation sites is 1. The lowest BCUT2D eigenvalue weighted by molar-refractivity contribution is 0.415. The van der Waals surface area contributed by atoms with Crippen molar-refractivity contribution >= 4 is 21.8 Å². The van der Waals surface area contributed by atoms with Gasteiger partial charge in [-0.1, -0.05) is 18.2 Å². The molecule has 2 heterocycles. The highest BCUT2D eigenvalue weighted by Gasteiger charge is 2.12. The van der Waals surface area contributed by atoms with E-state index in [-0.39, 0.29) is 5.56 Å². The van der Waals surface area contributed by atoms with E-state index in [4.69, 9.17) is 4.74 Å². The molecule has 0 aliphatic rings. The first-order valence-electron chi connectivity index (χ1n) is 6.91. The summed E-state index contributed by atoms with van der Waals surface area (Å²) in [6.07, 6.45) is 1.61. The summed E-state index contributed by atoms with van der Waals surface area (Å²) in [6, 6.07) is 15.1. The molecule has 0 radical (unpaired) electrons. The number of pyridine rings is 1. The van der Waals surface area contributed by atoms with Gasteiger partial charge >= 0.3 is 0 Å².